The van der Waals surface area contributed by atoms with Crippen LogP contribution in [0.25, 0.3) is 0 Å². The molecule has 0 saturated heterocycles. The number of aliphatic imine (C=N–C) groups is 1. The lowest BCUT2D eigenvalue weighted by Gasteiger charge is -2.26. The lowest BCUT2D eigenvalue weighted by molar-refractivity contribution is -0.131. The van der Waals surface area contributed by atoms with Crippen molar-refractivity contribution in [3.63, 3.8) is 0 Å². The monoisotopic (exact) mass is 490 g/mol. The van der Waals surface area contributed by atoms with Crippen molar-refractivity contribution in [2.45, 2.75) is 39.0 Å². The van der Waals surface area contributed by atoms with E-state index in [9.17, 15) is 9.18 Å². The smallest absolute Gasteiger partial charge is 0.242 e. The molecule has 1 N–H and O–H groups in total. The number of nitrogens with zero attached hydrogens (tertiary/aromatic N) is 3. The molecule has 0 aromatic heterocycles. The molecule has 7 heteroatoms. The van der Waals surface area contributed by atoms with Gasteiger partial charge in [0, 0.05) is 32.1 Å². The summed E-state index contributed by atoms with van der Waals surface area (Å²) in [4.78, 5) is 20.7. The number of hydrogen-bond donors (Lipinski definition) is 1. The number of carbonyl (C=O) groups excluding carboxylic acids is 1. The molecule has 0 aliphatic heterocycles. The summed E-state index contributed by atoms with van der Waals surface area (Å²) < 4.78 is 14.2. The second-order valence-corrected chi connectivity index (χ2v) is 6.85. The molecule has 1 saturated carbocycles. The molecule has 27 heavy (non-hydrogen) atoms. The van der Waals surface area contributed by atoms with Gasteiger partial charge in [0.25, 0.3) is 0 Å². The van der Waals surface area contributed by atoms with Gasteiger partial charge in [-0.2, -0.15) is 0 Å². The lowest BCUT2D eigenvalue weighted by Crippen LogP contribution is -2.46. The minimum absolute atomic E-state index is 0. The first-order chi connectivity index (χ1) is 12.5. The fourth-order valence-electron chi connectivity index (χ4n) is 3.20. The second kappa shape index (κ2) is 10.8. The van der Waals surface area contributed by atoms with Gasteiger partial charge in [-0.1, -0.05) is 18.2 Å². The Kier molecular flexibility index (Phi) is 9.49. The molecule has 152 valence electrons. The first-order valence-electron chi connectivity index (χ1n) is 9.49. The van der Waals surface area contributed by atoms with Crippen LogP contribution in [0.4, 0.5) is 4.39 Å². The van der Waals surface area contributed by atoms with Gasteiger partial charge in [-0.25, -0.2) is 4.39 Å². The van der Waals surface area contributed by atoms with Gasteiger partial charge in [-0.3, -0.25) is 9.79 Å². The van der Waals surface area contributed by atoms with E-state index in [1.807, 2.05) is 49.8 Å². The summed E-state index contributed by atoms with van der Waals surface area (Å²) in [6.07, 6.45) is 1.89. The number of rotatable bonds is 8. The van der Waals surface area contributed by atoms with Crippen molar-refractivity contribution in [1.29, 1.82) is 0 Å². The Morgan fingerprint density at radius 2 is 1.85 bits per heavy atom. The van der Waals surface area contributed by atoms with E-state index in [0.29, 0.717) is 25.6 Å². The zero-order valence-electron chi connectivity index (χ0n) is 16.8. The molecule has 1 aromatic rings. The van der Waals surface area contributed by atoms with Crippen molar-refractivity contribution in [3.8, 4) is 0 Å². The number of carbonyl (C=O) groups is 1. The van der Waals surface area contributed by atoms with Crippen LogP contribution in [-0.4, -0.2) is 61.4 Å². The van der Waals surface area contributed by atoms with E-state index < -0.39 is 0 Å². The highest BCUT2D eigenvalue weighted by molar-refractivity contribution is 14.0. The molecule has 0 bridgehead atoms. The summed E-state index contributed by atoms with van der Waals surface area (Å²) in [5.41, 5.74) is 0.553. The number of likely N-dealkylation sites (N-methyl/N-ethyl adjacent to an activating group) is 2. The summed E-state index contributed by atoms with van der Waals surface area (Å²) in [7, 11) is 1.87. The highest BCUT2D eigenvalue weighted by Gasteiger charge is 2.45. The van der Waals surface area contributed by atoms with E-state index in [1.54, 1.807) is 6.07 Å². The molecule has 1 fully saturated rings. The standard InChI is InChI=1S/C20H31FN4O.HI/c1-5-22-19(24(4)14-18(26)25(6-2)7-3)23-15-20(12-13-20)16-10-8-9-11-17(16)21;/h8-11H,5-7,12-15H2,1-4H3,(H,22,23);1H. The molecule has 0 atom stereocenters. The van der Waals surface area contributed by atoms with Gasteiger partial charge in [0.15, 0.2) is 5.96 Å². The number of halogens is 2. The third kappa shape index (κ3) is 6.05. The highest BCUT2D eigenvalue weighted by Crippen LogP contribution is 2.49. The van der Waals surface area contributed by atoms with Gasteiger partial charge in [0.05, 0.1) is 13.1 Å². The molecule has 0 spiro atoms. The van der Waals surface area contributed by atoms with Crippen molar-refractivity contribution in [1.82, 2.24) is 15.1 Å². The van der Waals surface area contributed by atoms with Crippen molar-refractivity contribution in [2.24, 2.45) is 4.99 Å². The van der Waals surface area contributed by atoms with Gasteiger partial charge in [-0.15, -0.1) is 24.0 Å². The van der Waals surface area contributed by atoms with E-state index in [0.717, 1.165) is 24.9 Å². The Morgan fingerprint density at radius 1 is 1.22 bits per heavy atom. The van der Waals surface area contributed by atoms with Gasteiger partial charge < -0.3 is 15.1 Å². The van der Waals surface area contributed by atoms with Crippen LogP contribution in [0.3, 0.4) is 0 Å². The van der Waals surface area contributed by atoms with Crippen LogP contribution in [0.1, 0.15) is 39.2 Å². The van der Waals surface area contributed by atoms with Gasteiger partial charge in [0.1, 0.15) is 5.82 Å². The maximum absolute atomic E-state index is 14.2. The number of hydrogen-bond acceptors (Lipinski definition) is 2. The predicted molar refractivity (Wildman–Crippen MR) is 119 cm³/mol. The van der Waals surface area contributed by atoms with Crippen LogP contribution >= 0.6 is 24.0 Å². The molecule has 1 aliphatic carbocycles. The maximum atomic E-state index is 14.2. The number of guanidine groups is 1. The van der Waals surface area contributed by atoms with Crippen LogP contribution in [0.15, 0.2) is 29.3 Å². The molecule has 2 rings (SSSR count). The SMILES string of the molecule is CCNC(=NCC1(c2ccccc2F)CC1)N(C)CC(=O)N(CC)CC.I. The van der Waals surface area contributed by atoms with Crippen molar-refractivity contribution >= 4 is 35.8 Å². The van der Waals surface area contributed by atoms with E-state index in [-0.39, 0.29) is 47.7 Å². The van der Waals surface area contributed by atoms with Crippen LogP contribution in [0, 0.1) is 5.82 Å². The predicted octanol–water partition coefficient (Wildman–Crippen LogP) is 3.24. The Labute approximate surface area is 179 Å². The van der Waals surface area contributed by atoms with E-state index in [4.69, 9.17) is 4.99 Å². The topological polar surface area (TPSA) is 47.9 Å². The Hall–Kier alpha value is -1.38. The molecule has 1 aliphatic rings. The lowest BCUT2D eigenvalue weighted by atomic mass is 9.95. The molecular formula is C20H32FIN4O. The second-order valence-electron chi connectivity index (χ2n) is 6.85. The molecule has 0 unspecified atom stereocenters. The summed E-state index contributed by atoms with van der Waals surface area (Å²) >= 11 is 0. The number of benzene rings is 1. The van der Waals surface area contributed by atoms with E-state index in [1.165, 1.54) is 6.07 Å². The first-order valence-corrected chi connectivity index (χ1v) is 9.49. The largest absolute Gasteiger partial charge is 0.357 e. The van der Waals surface area contributed by atoms with Crippen molar-refractivity contribution in [3.05, 3.63) is 35.6 Å². The zero-order valence-corrected chi connectivity index (χ0v) is 19.1. The third-order valence-electron chi connectivity index (χ3n) is 5.02. The minimum atomic E-state index is -0.199. The molecule has 0 radical (unpaired) electrons. The average molecular weight is 490 g/mol. The first kappa shape index (κ1) is 23.7. The van der Waals surface area contributed by atoms with Crippen molar-refractivity contribution in [2.75, 3.05) is 39.8 Å². The fourth-order valence-corrected chi connectivity index (χ4v) is 3.20. The average Bonchev–Trinajstić information content (AvgIpc) is 3.40. The molecule has 5 nitrogen and oxygen atoms in total. The van der Waals surface area contributed by atoms with Gasteiger partial charge in [-0.05, 0) is 45.2 Å². The summed E-state index contributed by atoms with van der Waals surface area (Å²) in [5.74, 6) is 0.615. The van der Waals surface area contributed by atoms with Crippen LogP contribution in [-0.2, 0) is 10.2 Å². The third-order valence-corrected chi connectivity index (χ3v) is 5.02. The minimum Gasteiger partial charge on any atom is -0.357 e. The summed E-state index contributed by atoms with van der Waals surface area (Å²) in [6, 6.07) is 6.97. The van der Waals surface area contributed by atoms with Gasteiger partial charge >= 0.3 is 0 Å². The molecular weight excluding hydrogens is 458 g/mol. The quantitative estimate of drug-likeness (QED) is 0.346. The van der Waals surface area contributed by atoms with E-state index in [2.05, 4.69) is 5.32 Å². The molecule has 1 amide bonds. The Balaban J connectivity index is 0.00000364. The zero-order chi connectivity index (χ0) is 19.2. The highest BCUT2D eigenvalue weighted by atomic mass is 127. The van der Waals surface area contributed by atoms with Crippen LogP contribution in [0.2, 0.25) is 0 Å². The van der Waals surface area contributed by atoms with Crippen LogP contribution < -0.4 is 5.32 Å². The summed E-state index contributed by atoms with van der Waals surface area (Å²) in [5, 5.41) is 3.24. The summed E-state index contributed by atoms with van der Waals surface area (Å²) in [6.45, 7) is 8.88. The van der Waals surface area contributed by atoms with E-state index >= 15 is 0 Å². The Morgan fingerprint density at radius 3 is 2.37 bits per heavy atom. The fraction of sp³-hybridized carbons (Fsp3) is 0.600. The molecule has 1 aromatic carbocycles. The van der Waals surface area contributed by atoms with Crippen LogP contribution in [0.5, 0.6) is 0 Å². The Bertz CT molecular complexity index is 645. The maximum Gasteiger partial charge on any atom is 0.242 e. The number of nitrogens with one attached hydrogen (secondary N) is 1. The molecule has 0 heterocycles. The number of amides is 1. The normalized spacial score (nSPS) is 14.9. The van der Waals surface area contributed by atoms with Gasteiger partial charge in [0.2, 0.25) is 5.91 Å². The van der Waals surface area contributed by atoms with Crippen molar-refractivity contribution < 1.29 is 9.18 Å².